The SMILES string of the molecule is COc1cccc(Cl)c1C(O)CCC(C)(C)C. The molecule has 0 saturated carbocycles. The second-order valence-electron chi connectivity index (χ2n) is 5.47. The number of benzene rings is 1. The monoisotopic (exact) mass is 256 g/mol. The maximum atomic E-state index is 10.2. The molecule has 96 valence electrons. The number of hydrogen-bond acceptors (Lipinski definition) is 2. The van der Waals surface area contributed by atoms with Crippen molar-refractivity contribution in [2.45, 2.75) is 39.7 Å². The van der Waals surface area contributed by atoms with E-state index in [0.29, 0.717) is 22.8 Å². The minimum absolute atomic E-state index is 0.204. The first-order chi connectivity index (χ1) is 7.85. The van der Waals surface area contributed by atoms with E-state index < -0.39 is 6.10 Å². The average molecular weight is 257 g/mol. The Kier molecular flexibility index (Phi) is 4.84. The molecule has 0 spiro atoms. The van der Waals surface area contributed by atoms with Crippen molar-refractivity contribution < 1.29 is 9.84 Å². The normalized spacial score (nSPS) is 13.5. The second-order valence-corrected chi connectivity index (χ2v) is 5.88. The molecule has 0 saturated heterocycles. The highest BCUT2D eigenvalue weighted by Crippen LogP contribution is 2.36. The van der Waals surface area contributed by atoms with Crippen molar-refractivity contribution in [2.75, 3.05) is 7.11 Å². The highest BCUT2D eigenvalue weighted by atomic mass is 35.5. The van der Waals surface area contributed by atoms with E-state index in [1.54, 1.807) is 13.2 Å². The number of aliphatic hydroxyl groups excluding tert-OH is 1. The van der Waals surface area contributed by atoms with Crippen LogP contribution in [0.25, 0.3) is 0 Å². The third kappa shape index (κ3) is 4.21. The number of hydrogen-bond donors (Lipinski definition) is 1. The van der Waals surface area contributed by atoms with Crippen LogP contribution in [0.1, 0.15) is 45.3 Å². The Balaban J connectivity index is 2.84. The van der Waals surface area contributed by atoms with Crippen molar-refractivity contribution in [1.29, 1.82) is 0 Å². The smallest absolute Gasteiger partial charge is 0.126 e. The van der Waals surface area contributed by atoms with Crippen molar-refractivity contribution >= 4 is 11.6 Å². The lowest BCUT2D eigenvalue weighted by Crippen LogP contribution is -2.09. The van der Waals surface area contributed by atoms with Gasteiger partial charge in [0.1, 0.15) is 5.75 Å². The molecule has 1 N–H and O–H groups in total. The maximum Gasteiger partial charge on any atom is 0.126 e. The summed E-state index contributed by atoms with van der Waals surface area (Å²) in [6.07, 6.45) is 1.05. The first-order valence-electron chi connectivity index (χ1n) is 5.85. The third-order valence-electron chi connectivity index (χ3n) is 2.73. The van der Waals surface area contributed by atoms with Gasteiger partial charge in [-0.3, -0.25) is 0 Å². The molecule has 0 fully saturated rings. The molecule has 0 heterocycles. The van der Waals surface area contributed by atoms with Crippen LogP contribution < -0.4 is 4.74 Å². The van der Waals surface area contributed by atoms with Gasteiger partial charge < -0.3 is 9.84 Å². The van der Waals surface area contributed by atoms with Gasteiger partial charge in [-0.1, -0.05) is 38.4 Å². The predicted octanol–water partition coefficient (Wildman–Crippen LogP) is 4.21. The van der Waals surface area contributed by atoms with Gasteiger partial charge in [-0.05, 0) is 30.4 Å². The van der Waals surface area contributed by atoms with E-state index in [1.807, 2.05) is 12.1 Å². The topological polar surface area (TPSA) is 29.5 Å². The second kappa shape index (κ2) is 5.74. The number of halogens is 1. The lowest BCUT2D eigenvalue weighted by atomic mass is 9.88. The molecule has 1 aromatic carbocycles. The van der Waals surface area contributed by atoms with Crippen LogP contribution in [0.5, 0.6) is 5.75 Å². The van der Waals surface area contributed by atoms with Crippen molar-refractivity contribution in [3.05, 3.63) is 28.8 Å². The van der Waals surface area contributed by atoms with Crippen LogP contribution in [0.3, 0.4) is 0 Å². The minimum atomic E-state index is -0.571. The Morgan fingerprint density at radius 3 is 2.53 bits per heavy atom. The lowest BCUT2D eigenvalue weighted by Gasteiger charge is -2.22. The lowest BCUT2D eigenvalue weighted by molar-refractivity contribution is 0.144. The fraction of sp³-hybridized carbons (Fsp3) is 0.571. The van der Waals surface area contributed by atoms with Crippen LogP contribution in [0, 0.1) is 5.41 Å². The Hall–Kier alpha value is -0.730. The molecule has 1 aromatic rings. The van der Waals surface area contributed by atoms with E-state index in [4.69, 9.17) is 16.3 Å². The van der Waals surface area contributed by atoms with Crippen LogP contribution in [0.4, 0.5) is 0 Å². The van der Waals surface area contributed by atoms with Gasteiger partial charge in [0.15, 0.2) is 0 Å². The van der Waals surface area contributed by atoms with Crippen LogP contribution in [0.15, 0.2) is 18.2 Å². The summed E-state index contributed by atoms with van der Waals surface area (Å²) in [5.41, 5.74) is 0.899. The molecule has 0 aliphatic heterocycles. The summed E-state index contributed by atoms with van der Waals surface area (Å²) >= 11 is 6.11. The van der Waals surface area contributed by atoms with Crippen molar-refractivity contribution in [2.24, 2.45) is 5.41 Å². The van der Waals surface area contributed by atoms with Gasteiger partial charge in [0, 0.05) is 5.56 Å². The molecule has 0 aliphatic rings. The van der Waals surface area contributed by atoms with E-state index in [1.165, 1.54) is 0 Å². The fourth-order valence-electron chi connectivity index (χ4n) is 1.73. The molecule has 0 amide bonds. The summed E-state index contributed by atoms with van der Waals surface area (Å²) in [5, 5.41) is 10.8. The number of aliphatic hydroxyl groups is 1. The van der Waals surface area contributed by atoms with E-state index in [-0.39, 0.29) is 5.41 Å². The highest BCUT2D eigenvalue weighted by molar-refractivity contribution is 6.31. The summed E-state index contributed by atoms with van der Waals surface area (Å²) in [6.45, 7) is 6.47. The molecule has 2 nitrogen and oxygen atoms in total. The van der Waals surface area contributed by atoms with E-state index >= 15 is 0 Å². The van der Waals surface area contributed by atoms with Gasteiger partial charge >= 0.3 is 0 Å². The Morgan fingerprint density at radius 2 is 2.00 bits per heavy atom. The quantitative estimate of drug-likeness (QED) is 0.875. The van der Waals surface area contributed by atoms with Gasteiger partial charge in [0.05, 0.1) is 18.2 Å². The van der Waals surface area contributed by atoms with Gasteiger partial charge in [0.2, 0.25) is 0 Å². The van der Waals surface area contributed by atoms with Gasteiger partial charge in [-0.25, -0.2) is 0 Å². The molecule has 1 rings (SSSR count). The summed E-state index contributed by atoms with van der Waals surface area (Å²) in [6, 6.07) is 5.42. The Bertz CT molecular complexity index is 369. The van der Waals surface area contributed by atoms with E-state index in [9.17, 15) is 5.11 Å². The number of ether oxygens (including phenoxy) is 1. The predicted molar refractivity (Wildman–Crippen MR) is 71.7 cm³/mol. The summed E-state index contributed by atoms with van der Waals surface area (Å²) in [7, 11) is 1.59. The zero-order chi connectivity index (χ0) is 13.1. The summed E-state index contributed by atoms with van der Waals surface area (Å²) < 4.78 is 5.23. The Labute approximate surface area is 109 Å². The molecule has 0 aromatic heterocycles. The largest absolute Gasteiger partial charge is 0.496 e. The molecule has 17 heavy (non-hydrogen) atoms. The van der Waals surface area contributed by atoms with E-state index in [2.05, 4.69) is 20.8 Å². The molecular formula is C14H21ClO2. The van der Waals surface area contributed by atoms with Crippen molar-refractivity contribution in [1.82, 2.24) is 0 Å². The highest BCUT2D eigenvalue weighted by Gasteiger charge is 2.19. The maximum absolute atomic E-state index is 10.2. The van der Waals surface area contributed by atoms with Crippen LogP contribution >= 0.6 is 11.6 Å². The van der Waals surface area contributed by atoms with Gasteiger partial charge in [-0.2, -0.15) is 0 Å². The molecule has 1 atom stereocenters. The van der Waals surface area contributed by atoms with Gasteiger partial charge in [-0.15, -0.1) is 0 Å². The van der Waals surface area contributed by atoms with Crippen LogP contribution in [-0.4, -0.2) is 12.2 Å². The third-order valence-corrected chi connectivity index (χ3v) is 3.06. The zero-order valence-corrected chi connectivity index (χ0v) is 11.7. The molecular weight excluding hydrogens is 236 g/mol. The van der Waals surface area contributed by atoms with E-state index in [0.717, 1.165) is 6.42 Å². The van der Waals surface area contributed by atoms with Gasteiger partial charge in [0.25, 0.3) is 0 Å². The first-order valence-corrected chi connectivity index (χ1v) is 6.23. The number of rotatable bonds is 4. The van der Waals surface area contributed by atoms with Crippen LogP contribution in [-0.2, 0) is 0 Å². The summed E-state index contributed by atoms with van der Waals surface area (Å²) in [4.78, 5) is 0. The zero-order valence-electron chi connectivity index (χ0n) is 11.0. The molecule has 3 heteroatoms. The molecule has 1 unspecified atom stereocenters. The standard InChI is InChI=1S/C14H21ClO2/c1-14(2,3)9-8-11(16)13-10(15)6-5-7-12(13)17-4/h5-7,11,16H,8-9H2,1-4H3. The number of methoxy groups -OCH3 is 1. The molecule has 0 aliphatic carbocycles. The first kappa shape index (κ1) is 14.3. The fourth-order valence-corrected chi connectivity index (χ4v) is 2.02. The van der Waals surface area contributed by atoms with Crippen molar-refractivity contribution in [3.63, 3.8) is 0 Å². The van der Waals surface area contributed by atoms with Crippen molar-refractivity contribution in [3.8, 4) is 5.75 Å². The summed E-state index contributed by atoms with van der Waals surface area (Å²) in [5.74, 6) is 0.652. The molecule has 0 radical (unpaired) electrons. The molecule has 0 bridgehead atoms. The Morgan fingerprint density at radius 1 is 1.35 bits per heavy atom. The average Bonchev–Trinajstić information content (AvgIpc) is 2.24. The minimum Gasteiger partial charge on any atom is -0.496 e. The van der Waals surface area contributed by atoms with Crippen LogP contribution in [0.2, 0.25) is 5.02 Å².